The summed E-state index contributed by atoms with van der Waals surface area (Å²) in [5, 5.41) is 2.97. The van der Waals surface area contributed by atoms with Crippen LogP contribution in [0.3, 0.4) is 0 Å². The number of nitrogens with one attached hydrogen (secondary N) is 1. The molecule has 4 nitrogen and oxygen atoms in total. The SMILES string of the molecule is O=C(Cc1ccc(F)cc1Cl)Nc1ccc(COc2ccc(F)cn2)c(Br)c1. The smallest absolute Gasteiger partial charge is 0.228 e. The predicted octanol–water partition coefficient (Wildman–Crippen LogP) is 5.54. The quantitative estimate of drug-likeness (QED) is 0.518. The average molecular weight is 468 g/mol. The van der Waals surface area contributed by atoms with Crippen LogP contribution < -0.4 is 10.1 Å². The number of hydrogen-bond acceptors (Lipinski definition) is 3. The minimum atomic E-state index is -0.452. The second-order valence-electron chi connectivity index (χ2n) is 5.87. The Labute approximate surface area is 173 Å². The van der Waals surface area contributed by atoms with E-state index in [-0.39, 0.29) is 24.0 Å². The molecule has 0 saturated carbocycles. The first kappa shape index (κ1) is 20.2. The zero-order chi connectivity index (χ0) is 20.1. The standard InChI is InChI=1S/C20H14BrClF2N2O2/c21-17-9-16(26-19(27)7-12-1-3-14(23)8-18(12)22)5-2-13(17)11-28-20-6-4-15(24)10-25-20/h1-6,8-10H,7,11H2,(H,26,27). The summed E-state index contributed by atoms with van der Waals surface area (Å²) >= 11 is 9.38. The molecular formula is C20H14BrClF2N2O2. The van der Waals surface area contributed by atoms with Gasteiger partial charge in [0.05, 0.1) is 12.6 Å². The van der Waals surface area contributed by atoms with Gasteiger partial charge in [-0.15, -0.1) is 0 Å². The predicted molar refractivity (Wildman–Crippen MR) is 106 cm³/mol. The van der Waals surface area contributed by atoms with E-state index in [0.717, 1.165) is 16.2 Å². The molecule has 0 aliphatic heterocycles. The highest BCUT2D eigenvalue weighted by atomic mass is 79.9. The number of carbonyl (C=O) groups is 1. The normalized spacial score (nSPS) is 10.6. The summed E-state index contributed by atoms with van der Waals surface area (Å²) in [6.45, 7) is 0.221. The number of benzene rings is 2. The second-order valence-corrected chi connectivity index (χ2v) is 7.13. The van der Waals surface area contributed by atoms with Gasteiger partial charge in [0.1, 0.15) is 18.2 Å². The molecule has 0 spiro atoms. The fraction of sp³-hybridized carbons (Fsp3) is 0.100. The molecule has 8 heteroatoms. The highest BCUT2D eigenvalue weighted by Gasteiger charge is 2.10. The van der Waals surface area contributed by atoms with Crippen molar-refractivity contribution in [2.24, 2.45) is 0 Å². The molecule has 1 aromatic heterocycles. The van der Waals surface area contributed by atoms with Gasteiger partial charge in [0.2, 0.25) is 11.8 Å². The molecule has 0 aliphatic rings. The third-order valence-electron chi connectivity index (χ3n) is 3.78. The largest absolute Gasteiger partial charge is 0.473 e. The van der Waals surface area contributed by atoms with Crippen LogP contribution in [0.2, 0.25) is 5.02 Å². The van der Waals surface area contributed by atoms with Crippen LogP contribution in [0.4, 0.5) is 14.5 Å². The number of ether oxygens (including phenoxy) is 1. The van der Waals surface area contributed by atoms with Crippen LogP contribution in [0.15, 0.2) is 59.2 Å². The number of halogens is 4. The Hall–Kier alpha value is -2.51. The summed E-state index contributed by atoms with van der Waals surface area (Å²) in [6, 6.07) is 11.9. The van der Waals surface area contributed by atoms with Gasteiger partial charge in [-0.1, -0.05) is 39.7 Å². The van der Waals surface area contributed by atoms with Crippen molar-refractivity contribution in [1.82, 2.24) is 4.98 Å². The number of nitrogens with zero attached hydrogens (tertiary/aromatic N) is 1. The van der Waals surface area contributed by atoms with Gasteiger partial charge in [-0.3, -0.25) is 4.79 Å². The van der Waals surface area contributed by atoms with Crippen LogP contribution in [0.1, 0.15) is 11.1 Å². The summed E-state index contributed by atoms with van der Waals surface area (Å²) < 4.78 is 32.2. The maximum atomic E-state index is 13.1. The molecule has 1 N–H and O–H groups in total. The minimum Gasteiger partial charge on any atom is -0.473 e. The number of carbonyl (C=O) groups excluding carboxylic acids is 1. The van der Waals surface area contributed by atoms with Gasteiger partial charge in [0, 0.05) is 26.8 Å². The van der Waals surface area contributed by atoms with Gasteiger partial charge in [0.25, 0.3) is 0 Å². The Balaban J connectivity index is 1.60. The highest BCUT2D eigenvalue weighted by Crippen LogP contribution is 2.24. The van der Waals surface area contributed by atoms with Crippen molar-refractivity contribution in [2.75, 3.05) is 5.32 Å². The number of hydrogen-bond donors (Lipinski definition) is 1. The van der Waals surface area contributed by atoms with Gasteiger partial charge in [0.15, 0.2) is 0 Å². The Bertz CT molecular complexity index is 1000. The first-order valence-corrected chi connectivity index (χ1v) is 9.34. The lowest BCUT2D eigenvalue weighted by atomic mass is 10.1. The van der Waals surface area contributed by atoms with E-state index >= 15 is 0 Å². The van der Waals surface area contributed by atoms with Gasteiger partial charge < -0.3 is 10.1 Å². The fourth-order valence-corrected chi connectivity index (χ4v) is 3.11. The van der Waals surface area contributed by atoms with Crippen molar-refractivity contribution in [3.05, 3.63) is 87.0 Å². The number of anilines is 1. The topological polar surface area (TPSA) is 51.2 Å². The summed E-state index contributed by atoms with van der Waals surface area (Å²) in [7, 11) is 0. The third kappa shape index (κ3) is 5.50. The average Bonchev–Trinajstić information content (AvgIpc) is 2.65. The first-order chi connectivity index (χ1) is 13.4. The van der Waals surface area contributed by atoms with Crippen LogP contribution in [-0.4, -0.2) is 10.9 Å². The van der Waals surface area contributed by atoms with Crippen molar-refractivity contribution >= 4 is 39.1 Å². The van der Waals surface area contributed by atoms with Gasteiger partial charge >= 0.3 is 0 Å². The Morgan fingerprint density at radius 2 is 1.82 bits per heavy atom. The molecule has 1 amide bonds. The van der Waals surface area contributed by atoms with Crippen LogP contribution in [0.25, 0.3) is 0 Å². The van der Waals surface area contributed by atoms with Crippen molar-refractivity contribution in [3.8, 4) is 5.88 Å². The maximum Gasteiger partial charge on any atom is 0.228 e. The van der Waals surface area contributed by atoms with Gasteiger partial charge in [-0.2, -0.15) is 0 Å². The number of rotatable bonds is 6. The first-order valence-electron chi connectivity index (χ1n) is 8.17. The zero-order valence-electron chi connectivity index (χ0n) is 14.4. The van der Waals surface area contributed by atoms with Crippen molar-refractivity contribution in [2.45, 2.75) is 13.0 Å². The molecule has 3 rings (SSSR count). The Kier molecular flexibility index (Phi) is 6.59. The summed E-state index contributed by atoms with van der Waals surface area (Å²) in [5.41, 5.74) is 1.95. The minimum absolute atomic E-state index is 0.0256. The molecule has 0 saturated heterocycles. The molecule has 144 valence electrons. The van der Waals surface area contributed by atoms with Crippen LogP contribution >= 0.6 is 27.5 Å². The molecule has 0 unspecified atom stereocenters. The Morgan fingerprint density at radius 3 is 2.50 bits per heavy atom. The summed E-state index contributed by atoms with van der Waals surface area (Å²) in [6.07, 6.45) is 1.11. The molecule has 0 radical (unpaired) electrons. The molecular weight excluding hydrogens is 454 g/mol. The van der Waals surface area contributed by atoms with Crippen molar-refractivity contribution in [1.29, 1.82) is 0 Å². The van der Waals surface area contributed by atoms with E-state index in [1.165, 1.54) is 30.3 Å². The number of aromatic nitrogens is 1. The van der Waals surface area contributed by atoms with Crippen LogP contribution in [-0.2, 0) is 17.8 Å². The molecule has 0 atom stereocenters. The van der Waals surface area contributed by atoms with Crippen LogP contribution in [0, 0.1) is 11.6 Å². The molecule has 1 heterocycles. The molecule has 2 aromatic carbocycles. The lowest BCUT2D eigenvalue weighted by Crippen LogP contribution is -2.14. The summed E-state index contributed by atoms with van der Waals surface area (Å²) in [5.74, 6) is -0.857. The molecule has 28 heavy (non-hydrogen) atoms. The second kappa shape index (κ2) is 9.12. The van der Waals surface area contributed by atoms with Crippen molar-refractivity contribution in [3.63, 3.8) is 0 Å². The molecule has 3 aromatic rings. The van der Waals surface area contributed by atoms with E-state index < -0.39 is 11.6 Å². The van der Waals surface area contributed by atoms with E-state index in [1.54, 1.807) is 18.2 Å². The highest BCUT2D eigenvalue weighted by molar-refractivity contribution is 9.10. The molecule has 0 fully saturated rings. The maximum absolute atomic E-state index is 13.1. The zero-order valence-corrected chi connectivity index (χ0v) is 16.7. The number of amides is 1. The van der Waals surface area contributed by atoms with E-state index in [4.69, 9.17) is 16.3 Å². The van der Waals surface area contributed by atoms with Crippen molar-refractivity contribution < 1.29 is 18.3 Å². The van der Waals surface area contributed by atoms with E-state index in [1.807, 2.05) is 0 Å². The van der Waals surface area contributed by atoms with E-state index in [9.17, 15) is 13.6 Å². The lowest BCUT2D eigenvalue weighted by Gasteiger charge is -2.10. The van der Waals surface area contributed by atoms with Gasteiger partial charge in [-0.25, -0.2) is 13.8 Å². The third-order valence-corrected chi connectivity index (χ3v) is 4.87. The van der Waals surface area contributed by atoms with Crippen LogP contribution in [0.5, 0.6) is 5.88 Å². The summed E-state index contributed by atoms with van der Waals surface area (Å²) in [4.78, 5) is 16.0. The molecule has 0 bridgehead atoms. The monoisotopic (exact) mass is 466 g/mol. The van der Waals surface area contributed by atoms with E-state index in [2.05, 4.69) is 26.2 Å². The Morgan fingerprint density at radius 1 is 1.07 bits per heavy atom. The lowest BCUT2D eigenvalue weighted by molar-refractivity contribution is -0.115. The van der Waals surface area contributed by atoms with E-state index in [0.29, 0.717) is 17.1 Å². The fourth-order valence-electron chi connectivity index (χ4n) is 2.38. The molecule has 0 aliphatic carbocycles. The number of pyridine rings is 1. The van der Waals surface area contributed by atoms with Gasteiger partial charge in [-0.05, 0) is 35.9 Å².